The molecule has 0 aliphatic heterocycles. The molecule has 0 aromatic heterocycles. The van der Waals surface area contributed by atoms with Gasteiger partial charge in [0.25, 0.3) is 0 Å². The van der Waals surface area contributed by atoms with E-state index in [0.29, 0.717) is 0 Å². The van der Waals surface area contributed by atoms with Crippen LogP contribution in [0.1, 0.15) is 36.8 Å². The lowest BCUT2D eigenvalue weighted by atomic mass is 9.76. The highest BCUT2D eigenvalue weighted by Crippen LogP contribution is 2.53. The van der Waals surface area contributed by atoms with Crippen molar-refractivity contribution in [2.45, 2.75) is 38.1 Å². The third-order valence-electron chi connectivity index (χ3n) is 4.49. The molecule has 2 saturated carbocycles. The van der Waals surface area contributed by atoms with Gasteiger partial charge in [-0.25, -0.2) is 0 Å². The van der Waals surface area contributed by atoms with Gasteiger partial charge in [-0.15, -0.1) is 0 Å². The van der Waals surface area contributed by atoms with Crippen LogP contribution in [0.15, 0.2) is 24.3 Å². The molecule has 2 aliphatic carbocycles. The van der Waals surface area contributed by atoms with E-state index in [9.17, 15) is 0 Å². The van der Waals surface area contributed by atoms with E-state index in [-0.39, 0.29) is 5.54 Å². The Morgan fingerprint density at radius 2 is 1.93 bits per heavy atom. The maximum atomic E-state index is 6.62. The summed E-state index contributed by atoms with van der Waals surface area (Å²) in [5, 5.41) is 0. The normalized spacial score (nSPS) is 38.5. The van der Waals surface area contributed by atoms with E-state index in [1.54, 1.807) is 0 Å². The number of hydrogen-bond acceptors (Lipinski definition) is 1. The van der Waals surface area contributed by atoms with Crippen LogP contribution in [0.4, 0.5) is 0 Å². The Morgan fingerprint density at radius 3 is 2.47 bits per heavy atom. The van der Waals surface area contributed by atoms with Crippen LogP contribution in [0.5, 0.6) is 0 Å². The van der Waals surface area contributed by atoms with Crippen molar-refractivity contribution in [2.75, 3.05) is 0 Å². The number of fused-ring (bicyclic) bond motifs is 2. The number of aryl methyl sites for hydroxylation is 1. The maximum Gasteiger partial charge on any atom is 0.0440 e. The summed E-state index contributed by atoms with van der Waals surface area (Å²) in [7, 11) is 0. The minimum atomic E-state index is -0.00336. The highest BCUT2D eigenvalue weighted by atomic mass is 14.8. The first-order valence-corrected chi connectivity index (χ1v) is 6.04. The summed E-state index contributed by atoms with van der Waals surface area (Å²) >= 11 is 0. The highest BCUT2D eigenvalue weighted by molar-refractivity contribution is 5.30. The summed E-state index contributed by atoms with van der Waals surface area (Å²) in [5.41, 5.74) is 9.30. The minimum Gasteiger partial charge on any atom is -0.321 e. The van der Waals surface area contributed by atoms with Gasteiger partial charge >= 0.3 is 0 Å². The smallest absolute Gasteiger partial charge is 0.0440 e. The first-order chi connectivity index (χ1) is 7.18. The van der Waals surface area contributed by atoms with Crippen molar-refractivity contribution in [3.63, 3.8) is 0 Å². The summed E-state index contributed by atoms with van der Waals surface area (Å²) < 4.78 is 0. The lowest BCUT2D eigenvalue weighted by Crippen LogP contribution is -2.41. The Balaban J connectivity index is 1.96. The summed E-state index contributed by atoms with van der Waals surface area (Å²) in [6.07, 6.45) is 5.33. The first kappa shape index (κ1) is 9.41. The number of nitrogens with two attached hydrogens (primary N) is 1. The van der Waals surface area contributed by atoms with Crippen molar-refractivity contribution in [3.05, 3.63) is 35.4 Å². The van der Waals surface area contributed by atoms with Crippen LogP contribution >= 0.6 is 0 Å². The topological polar surface area (TPSA) is 26.0 Å². The van der Waals surface area contributed by atoms with E-state index in [1.165, 1.54) is 36.8 Å². The molecule has 3 rings (SSSR count). The molecule has 0 spiro atoms. The molecule has 1 nitrogen and oxygen atoms in total. The van der Waals surface area contributed by atoms with Gasteiger partial charge in [0.1, 0.15) is 0 Å². The van der Waals surface area contributed by atoms with Crippen molar-refractivity contribution in [1.82, 2.24) is 0 Å². The molecular formula is C14H19N. The highest BCUT2D eigenvalue weighted by Gasteiger charge is 2.49. The number of hydrogen-bond donors (Lipinski definition) is 1. The second-order valence-electron chi connectivity index (χ2n) is 5.49. The van der Waals surface area contributed by atoms with Gasteiger partial charge < -0.3 is 5.73 Å². The third-order valence-corrected chi connectivity index (χ3v) is 4.49. The summed E-state index contributed by atoms with van der Waals surface area (Å²) in [4.78, 5) is 0. The van der Waals surface area contributed by atoms with Crippen LogP contribution in [0.3, 0.4) is 0 Å². The van der Waals surface area contributed by atoms with E-state index >= 15 is 0 Å². The Labute approximate surface area is 91.7 Å². The lowest BCUT2D eigenvalue weighted by molar-refractivity contribution is 0.276. The second kappa shape index (κ2) is 3.08. The Morgan fingerprint density at radius 1 is 1.20 bits per heavy atom. The molecule has 3 unspecified atom stereocenters. The van der Waals surface area contributed by atoms with Crippen LogP contribution < -0.4 is 5.73 Å². The number of rotatable bonds is 1. The van der Waals surface area contributed by atoms with E-state index in [1.807, 2.05) is 0 Å². The monoisotopic (exact) mass is 201 g/mol. The third kappa shape index (κ3) is 1.33. The van der Waals surface area contributed by atoms with Gasteiger partial charge in [-0.1, -0.05) is 36.2 Å². The molecule has 0 radical (unpaired) electrons. The van der Waals surface area contributed by atoms with Gasteiger partial charge in [-0.2, -0.15) is 0 Å². The quantitative estimate of drug-likeness (QED) is 0.742. The molecule has 0 saturated heterocycles. The average molecular weight is 201 g/mol. The molecule has 2 fully saturated rings. The molecule has 1 aromatic carbocycles. The first-order valence-electron chi connectivity index (χ1n) is 6.04. The lowest BCUT2D eigenvalue weighted by Gasteiger charge is -2.34. The SMILES string of the molecule is Cc1ccc(C2(N)CC3CCC2C3)cc1. The molecular weight excluding hydrogens is 182 g/mol. The molecule has 80 valence electrons. The van der Waals surface area contributed by atoms with Gasteiger partial charge in [-0.3, -0.25) is 0 Å². The number of benzene rings is 1. The van der Waals surface area contributed by atoms with E-state index in [0.717, 1.165) is 11.8 Å². The molecule has 2 aliphatic rings. The van der Waals surface area contributed by atoms with Crippen LogP contribution in [-0.2, 0) is 5.54 Å². The minimum absolute atomic E-state index is 0.00336. The van der Waals surface area contributed by atoms with Gasteiger partial charge in [0.15, 0.2) is 0 Å². The fourth-order valence-electron chi connectivity index (χ4n) is 3.59. The van der Waals surface area contributed by atoms with Crippen molar-refractivity contribution in [1.29, 1.82) is 0 Å². The predicted molar refractivity (Wildman–Crippen MR) is 62.5 cm³/mol. The fourth-order valence-corrected chi connectivity index (χ4v) is 3.59. The van der Waals surface area contributed by atoms with Crippen molar-refractivity contribution < 1.29 is 0 Å². The molecule has 0 heterocycles. The Kier molecular flexibility index (Phi) is 1.93. The van der Waals surface area contributed by atoms with Gasteiger partial charge in [0, 0.05) is 5.54 Å². The molecule has 0 amide bonds. The van der Waals surface area contributed by atoms with Crippen LogP contribution in [0.2, 0.25) is 0 Å². The van der Waals surface area contributed by atoms with Gasteiger partial charge in [-0.05, 0) is 43.6 Å². The van der Waals surface area contributed by atoms with Gasteiger partial charge in [0.2, 0.25) is 0 Å². The predicted octanol–water partition coefficient (Wildman–Crippen LogP) is 2.97. The Hall–Kier alpha value is -0.820. The zero-order chi connectivity index (χ0) is 10.5. The largest absolute Gasteiger partial charge is 0.321 e. The molecule has 3 atom stereocenters. The molecule has 1 heteroatoms. The standard InChI is InChI=1S/C14H19N/c1-10-2-5-12(6-3-10)14(15)9-11-4-7-13(14)8-11/h2-3,5-6,11,13H,4,7-9,15H2,1H3. The molecule has 1 aromatic rings. The van der Waals surface area contributed by atoms with Crippen molar-refractivity contribution in [3.8, 4) is 0 Å². The Bertz CT molecular complexity index is 367. The van der Waals surface area contributed by atoms with Crippen molar-refractivity contribution >= 4 is 0 Å². The summed E-state index contributed by atoms with van der Waals surface area (Å²) in [5.74, 6) is 1.64. The van der Waals surface area contributed by atoms with Crippen LogP contribution in [-0.4, -0.2) is 0 Å². The van der Waals surface area contributed by atoms with Crippen LogP contribution in [0.25, 0.3) is 0 Å². The van der Waals surface area contributed by atoms with Crippen molar-refractivity contribution in [2.24, 2.45) is 17.6 Å². The maximum absolute atomic E-state index is 6.62. The fraction of sp³-hybridized carbons (Fsp3) is 0.571. The van der Waals surface area contributed by atoms with E-state index in [4.69, 9.17) is 5.73 Å². The van der Waals surface area contributed by atoms with E-state index in [2.05, 4.69) is 31.2 Å². The zero-order valence-electron chi connectivity index (χ0n) is 9.37. The average Bonchev–Trinajstić information content (AvgIpc) is 2.78. The van der Waals surface area contributed by atoms with Crippen LogP contribution in [0, 0.1) is 18.8 Å². The van der Waals surface area contributed by atoms with Gasteiger partial charge in [0.05, 0.1) is 0 Å². The zero-order valence-corrected chi connectivity index (χ0v) is 9.37. The summed E-state index contributed by atoms with van der Waals surface area (Å²) in [6.45, 7) is 2.13. The second-order valence-corrected chi connectivity index (χ2v) is 5.49. The molecule has 2 bridgehead atoms. The molecule has 15 heavy (non-hydrogen) atoms. The van der Waals surface area contributed by atoms with E-state index < -0.39 is 0 Å². The summed E-state index contributed by atoms with van der Waals surface area (Å²) in [6, 6.07) is 8.85. The molecule has 2 N–H and O–H groups in total.